The van der Waals surface area contributed by atoms with Gasteiger partial charge >= 0.3 is 0 Å². The predicted molar refractivity (Wildman–Crippen MR) is 127 cm³/mol. The van der Waals surface area contributed by atoms with Crippen LogP contribution in [0.5, 0.6) is 11.5 Å². The molecule has 4 aromatic rings. The molecule has 1 amide bonds. The Hall–Kier alpha value is -4.33. The first-order valence-corrected chi connectivity index (χ1v) is 10.7. The fourth-order valence-electron chi connectivity index (χ4n) is 4.39. The lowest BCUT2D eigenvalue weighted by atomic mass is 9.99. The van der Waals surface area contributed by atoms with E-state index in [0.717, 1.165) is 23.4 Å². The fraction of sp³-hybridized carbons (Fsp3) is 0.160. The summed E-state index contributed by atoms with van der Waals surface area (Å²) < 4.78 is 7.77. The number of H-pyrrole nitrogens is 1. The van der Waals surface area contributed by atoms with Gasteiger partial charge in [-0.2, -0.15) is 5.10 Å². The summed E-state index contributed by atoms with van der Waals surface area (Å²) in [5.41, 5.74) is 8.13. The summed E-state index contributed by atoms with van der Waals surface area (Å²) >= 11 is 0. The molecule has 5 rings (SSSR count). The van der Waals surface area contributed by atoms with Crippen LogP contribution in [0.3, 0.4) is 0 Å². The van der Waals surface area contributed by atoms with Crippen LogP contribution in [0.4, 0.5) is 5.82 Å². The number of hydrogen-bond acceptors (Lipinski definition) is 5. The molecule has 3 heterocycles. The number of aromatic nitrogens is 3. The van der Waals surface area contributed by atoms with Crippen LogP contribution >= 0.6 is 0 Å². The van der Waals surface area contributed by atoms with Gasteiger partial charge in [-0.3, -0.25) is 9.59 Å². The highest BCUT2D eigenvalue weighted by Gasteiger charge is 2.30. The lowest BCUT2D eigenvalue weighted by molar-refractivity contribution is -0.125. The van der Waals surface area contributed by atoms with Crippen LogP contribution in [0.2, 0.25) is 0 Å². The molecule has 0 radical (unpaired) electrons. The normalized spacial score (nSPS) is 15.6. The number of nitrogens with one attached hydrogen (secondary N) is 1. The van der Waals surface area contributed by atoms with E-state index in [0.29, 0.717) is 29.7 Å². The van der Waals surface area contributed by atoms with Crippen molar-refractivity contribution in [3.63, 3.8) is 0 Å². The van der Waals surface area contributed by atoms with E-state index in [-0.39, 0.29) is 23.2 Å². The monoisotopic (exact) mass is 441 g/mol. The van der Waals surface area contributed by atoms with Gasteiger partial charge in [-0.15, -0.1) is 0 Å². The number of carbonyl (C=O) groups is 1. The van der Waals surface area contributed by atoms with Gasteiger partial charge in [-0.05, 0) is 54.5 Å². The molecule has 0 unspecified atom stereocenters. The van der Waals surface area contributed by atoms with E-state index < -0.39 is 0 Å². The number of rotatable bonds is 5. The minimum absolute atomic E-state index is 0.0150. The van der Waals surface area contributed by atoms with Crippen molar-refractivity contribution in [2.24, 2.45) is 0 Å². The Labute approximate surface area is 189 Å². The Kier molecular flexibility index (Phi) is 5.18. The third-order valence-corrected chi connectivity index (χ3v) is 5.99. The minimum Gasteiger partial charge on any atom is -0.457 e. The Morgan fingerprint density at radius 3 is 2.61 bits per heavy atom. The maximum atomic E-state index is 12.8. The minimum atomic E-state index is -0.300. The lowest BCUT2D eigenvalue weighted by Crippen LogP contribution is -2.26. The van der Waals surface area contributed by atoms with E-state index in [1.165, 1.54) is 6.08 Å². The number of ether oxygens (including phenoxy) is 1. The number of carbonyl (C=O) groups excluding carboxylic acids is 1. The third kappa shape index (κ3) is 3.76. The van der Waals surface area contributed by atoms with Crippen molar-refractivity contribution < 1.29 is 9.53 Å². The van der Waals surface area contributed by atoms with Crippen molar-refractivity contribution in [2.75, 3.05) is 18.8 Å². The van der Waals surface area contributed by atoms with Crippen LogP contribution in [-0.2, 0) is 4.79 Å². The number of hydrogen-bond donors (Lipinski definition) is 2. The molecule has 166 valence electrons. The van der Waals surface area contributed by atoms with Gasteiger partial charge in [-0.1, -0.05) is 24.8 Å². The maximum absolute atomic E-state index is 12.8. The average Bonchev–Trinajstić information content (AvgIpc) is 3.48. The second-order valence-electron chi connectivity index (χ2n) is 8.00. The Morgan fingerprint density at radius 1 is 1.15 bits per heavy atom. The van der Waals surface area contributed by atoms with Gasteiger partial charge in [0.25, 0.3) is 5.56 Å². The van der Waals surface area contributed by atoms with Gasteiger partial charge in [0, 0.05) is 30.9 Å². The van der Waals surface area contributed by atoms with Gasteiger partial charge in [0.15, 0.2) is 5.82 Å². The van der Waals surface area contributed by atoms with Crippen molar-refractivity contribution in [3.8, 4) is 17.2 Å². The lowest BCUT2D eigenvalue weighted by Gasteiger charge is -2.13. The van der Waals surface area contributed by atoms with Crippen LogP contribution in [0.15, 0.2) is 78.2 Å². The molecule has 33 heavy (non-hydrogen) atoms. The number of aromatic amines is 1. The van der Waals surface area contributed by atoms with Gasteiger partial charge in [0.05, 0.1) is 5.39 Å². The van der Waals surface area contributed by atoms with E-state index in [1.54, 1.807) is 4.90 Å². The number of nitrogens with two attached hydrogens (primary N) is 1. The van der Waals surface area contributed by atoms with Crippen LogP contribution < -0.4 is 16.0 Å². The first-order valence-electron chi connectivity index (χ1n) is 10.7. The van der Waals surface area contributed by atoms with Crippen molar-refractivity contribution in [2.45, 2.75) is 12.3 Å². The molecule has 1 fully saturated rings. The van der Waals surface area contributed by atoms with Gasteiger partial charge in [-0.25, -0.2) is 5.10 Å². The molecule has 0 aliphatic carbocycles. The molecule has 1 aliphatic heterocycles. The maximum Gasteiger partial charge on any atom is 0.274 e. The molecule has 0 saturated carbocycles. The van der Waals surface area contributed by atoms with Crippen molar-refractivity contribution in [1.29, 1.82) is 0 Å². The Morgan fingerprint density at radius 2 is 1.88 bits per heavy atom. The molecule has 1 atom stereocenters. The second-order valence-corrected chi connectivity index (χ2v) is 8.00. The van der Waals surface area contributed by atoms with Crippen LogP contribution in [0, 0.1) is 0 Å². The summed E-state index contributed by atoms with van der Waals surface area (Å²) in [6, 6.07) is 17.1. The fourth-order valence-corrected chi connectivity index (χ4v) is 4.39. The summed E-state index contributed by atoms with van der Waals surface area (Å²) in [7, 11) is 0. The standard InChI is InChI=1S/C25H23N5O3/c1-2-21(31)29-13-12-16(14-29)20-15-30(23-22(20)25(32)28-27-24(23)26)17-8-10-19(11-9-17)33-18-6-4-3-5-7-18/h2-11,15-16H,1,12-14H2,(H2,26,27)(H,28,32)/t16-/m0/s1. The molecule has 8 heteroatoms. The summed E-state index contributed by atoms with van der Waals surface area (Å²) in [6.07, 6.45) is 4.00. The summed E-state index contributed by atoms with van der Waals surface area (Å²) in [4.78, 5) is 26.6. The number of likely N-dealkylation sites (tertiary alicyclic amines) is 1. The topological polar surface area (TPSA) is 106 Å². The zero-order valence-corrected chi connectivity index (χ0v) is 17.9. The molecular weight excluding hydrogens is 418 g/mol. The quantitative estimate of drug-likeness (QED) is 0.461. The van der Waals surface area contributed by atoms with Gasteiger partial charge < -0.3 is 19.9 Å². The summed E-state index contributed by atoms with van der Waals surface area (Å²) in [6.45, 7) is 4.71. The number of nitrogens with zero attached hydrogens (tertiary/aromatic N) is 3. The van der Waals surface area contributed by atoms with Gasteiger partial charge in [0.1, 0.15) is 17.0 Å². The zero-order chi connectivity index (χ0) is 22.9. The van der Waals surface area contributed by atoms with Crippen molar-refractivity contribution in [1.82, 2.24) is 19.7 Å². The van der Waals surface area contributed by atoms with Gasteiger partial charge in [0.2, 0.25) is 5.91 Å². The molecular formula is C25H23N5O3. The number of benzene rings is 2. The Balaban J connectivity index is 1.54. The number of fused-ring (bicyclic) bond motifs is 1. The van der Waals surface area contributed by atoms with Crippen molar-refractivity contribution in [3.05, 3.63) is 89.4 Å². The molecule has 1 saturated heterocycles. The van der Waals surface area contributed by atoms with Crippen molar-refractivity contribution >= 4 is 22.6 Å². The number of anilines is 1. The second kappa shape index (κ2) is 8.31. The highest BCUT2D eigenvalue weighted by atomic mass is 16.5. The first-order chi connectivity index (χ1) is 16.0. The molecule has 8 nitrogen and oxygen atoms in total. The largest absolute Gasteiger partial charge is 0.457 e. The SMILES string of the molecule is C=CC(=O)N1CC[C@H](c2cn(-c3ccc(Oc4ccccc4)cc3)c3c(N)n[nH]c(=O)c23)C1. The molecule has 0 spiro atoms. The number of amides is 1. The smallest absolute Gasteiger partial charge is 0.274 e. The van der Waals surface area contributed by atoms with E-state index >= 15 is 0 Å². The molecule has 2 aromatic heterocycles. The molecule has 2 aromatic carbocycles. The Bertz CT molecular complexity index is 1390. The number of para-hydroxylation sites is 1. The summed E-state index contributed by atoms with van der Waals surface area (Å²) in [5.74, 6) is 1.59. The highest BCUT2D eigenvalue weighted by Crippen LogP contribution is 2.35. The number of nitrogen functional groups attached to an aromatic ring is 1. The predicted octanol–water partition coefficient (Wildman–Crippen LogP) is 3.59. The van der Waals surface area contributed by atoms with E-state index in [9.17, 15) is 9.59 Å². The molecule has 0 bridgehead atoms. The average molecular weight is 441 g/mol. The molecule has 1 aliphatic rings. The van der Waals surface area contributed by atoms with Crippen LogP contribution in [0.25, 0.3) is 16.6 Å². The highest BCUT2D eigenvalue weighted by molar-refractivity contribution is 5.92. The van der Waals surface area contributed by atoms with Crippen LogP contribution in [-0.4, -0.2) is 38.7 Å². The third-order valence-electron chi connectivity index (χ3n) is 5.99. The van der Waals surface area contributed by atoms with E-state index in [4.69, 9.17) is 10.5 Å². The first kappa shape index (κ1) is 20.6. The zero-order valence-electron chi connectivity index (χ0n) is 17.9. The van der Waals surface area contributed by atoms with E-state index in [2.05, 4.69) is 16.8 Å². The summed E-state index contributed by atoms with van der Waals surface area (Å²) in [5, 5.41) is 6.98. The molecule has 3 N–H and O–H groups in total. The van der Waals surface area contributed by atoms with Crippen LogP contribution in [0.1, 0.15) is 17.9 Å². The van der Waals surface area contributed by atoms with E-state index in [1.807, 2.05) is 65.4 Å².